The van der Waals surface area contributed by atoms with Crippen molar-refractivity contribution in [2.45, 2.75) is 44.8 Å². The molecule has 5 nitrogen and oxygen atoms in total. The van der Waals surface area contributed by atoms with E-state index < -0.39 is 11.2 Å². The number of Topliss-reactive ketones (excluding diaryl/α,β-unsaturated/α-hetero) is 1. The quantitative estimate of drug-likeness (QED) is 0.685. The molecule has 1 spiro atoms. The van der Waals surface area contributed by atoms with E-state index in [1.165, 1.54) is 0 Å². The van der Waals surface area contributed by atoms with Gasteiger partial charge in [-0.2, -0.15) is 0 Å². The third kappa shape index (κ3) is 3.37. The predicted molar refractivity (Wildman–Crippen MR) is 88.9 cm³/mol. The third-order valence-electron chi connectivity index (χ3n) is 4.02. The Morgan fingerprint density at radius 2 is 2.13 bits per heavy atom. The van der Waals surface area contributed by atoms with Crippen LogP contribution in [0.2, 0.25) is 0 Å². The summed E-state index contributed by atoms with van der Waals surface area (Å²) in [7, 11) is 0. The Kier molecular flexibility index (Phi) is 3.91. The van der Waals surface area contributed by atoms with Crippen LogP contribution in [-0.2, 0) is 4.74 Å². The number of amides is 1. The van der Waals surface area contributed by atoms with E-state index >= 15 is 0 Å². The summed E-state index contributed by atoms with van der Waals surface area (Å²) in [6, 6.07) is 5.44. The van der Waals surface area contributed by atoms with Crippen molar-refractivity contribution in [3.05, 3.63) is 28.2 Å². The van der Waals surface area contributed by atoms with E-state index in [9.17, 15) is 9.59 Å². The molecule has 2 aliphatic rings. The fourth-order valence-electron chi connectivity index (χ4n) is 3.02. The highest BCUT2D eigenvalue weighted by molar-refractivity contribution is 9.10. The zero-order valence-corrected chi connectivity index (χ0v) is 15.1. The first-order chi connectivity index (χ1) is 10.7. The van der Waals surface area contributed by atoms with Crippen LogP contribution in [0.5, 0.6) is 5.75 Å². The molecule has 0 aromatic heterocycles. The number of likely N-dealkylation sites (tertiary alicyclic amines) is 1. The van der Waals surface area contributed by atoms with Crippen molar-refractivity contribution < 1.29 is 19.1 Å². The molecule has 1 aromatic rings. The largest absolute Gasteiger partial charge is 0.484 e. The van der Waals surface area contributed by atoms with Gasteiger partial charge in [0.2, 0.25) is 0 Å². The lowest BCUT2D eigenvalue weighted by Gasteiger charge is -2.34. The van der Waals surface area contributed by atoms with Crippen molar-refractivity contribution in [1.29, 1.82) is 0 Å². The van der Waals surface area contributed by atoms with E-state index in [2.05, 4.69) is 15.9 Å². The average molecular weight is 382 g/mol. The zero-order chi connectivity index (χ0) is 16.8. The van der Waals surface area contributed by atoms with Crippen molar-refractivity contribution >= 4 is 27.8 Å². The van der Waals surface area contributed by atoms with Crippen LogP contribution in [0, 0.1) is 0 Å². The minimum absolute atomic E-state index is 0.0542. The van der Waals surface area contributed by atoms with Gasteiger partial charge >= 0.3 is 6.09 Å². The molecule has 0 radical (unpaired) electrons. The summed E-state index contributed by atoms with van der Waals surface area (Å²) in [6.45, 7) is 6.43. The number of fused-ring (bicyclic) bond motifs is 1. The lowest BCUT2D eigenvalue weighted by atomic mass is 9.89. The maximum Gasteiger partial charge on any atom is 0.410 e. The molecule has 124 valence electrons. The summed E-state index contributed by atoms with van der Waals surface area (Å²) in [5.41, 5.74) is -0.565. The molecule has 1 amide bonds. The van der Waals surface area contributed by atoms with Gasteiger partial charge in [0, 0.05) is 17.4 Å². The maximum atomic E-state index is 12.5. The molecule has 3 rings (SSSR count). The topological polar surface area (TPSA) is 55.8 Å². The van der Waals surface area contributed by atoms with Crippen LogP contribution < -0.4 is 4.74 Å². The van der Waals surface area contributed by atoms with Gasteiger partial charge in [0.1, 0.15) is 17.0 Å². The lowest BCUT2D eigenvalue weighted by molar-refractivity contribution is 0.0171. The van der Waals surface area contributed by atoms with Crippen molar-refractivity contribution in [2.75, 3.05) is 13.1 Å². The van der Waals surface area contributed by atoms with Crippen molar-refractivity contribution in [3.8, 4) is 5.75 Å². The number of benzene rings is 1. The molecule has 0 bridgehead atoms. The molecule has 2 heterocycles. The molecule has 6 heteroatoms. The second-order valence-electron chi connectivity index (χ2n) is 7.18. The van der Waals surface area contributed by atoms with Gasteiger partial charge in [-0.1, -0.05) is 15.9 Å². The molecule has 1 atom stereocenters. The predicted octanol–water partition coefficient (Wildman–Crippen LogP) is 3.79. The molecule has 23 heavy (non-hydrogen) atoms. The van der Waals surface area contributed by atoms with Crippen LogP contribution in [0.3, 0.4) is 0 Å². The first kappa shape index (κ1) is 16.3. The van der Waals surface area contributed by atoms with Gasteiger partial charge in [-0.15, -0.1) is 0 Å². The Balaban J connectivity index is 1.77. The average Bonchev–Trinajstić information content (AvgIpc) is 2.82. The number of carbonyl (C=O) groups excluding carboxylic acids is 2. The summed E-state index contributed by atoms with van der Waals surface area (Å²) in [6.07, 6.45) is 0.565. The van der Waals surface area contributed by atoms with E-state index in [4.69, 9.17) is 9.47 Å². The second kappa shape index (κ2) is 5.51. The standard InChI is InChI=1S/C17H20BrNO4/c1-16(2,3)23-15(21)19-7-6-17(10-19)9-13(20)12-8-11(18)4-5-14(12)22-17/h4-5,8H,6-7,9-10H2,1-3H3/t17-/m1/s1. The summed E-state index contributed by atoms with van der Waals surface area (Å²) < 4.78 is 12.4. The number of rotatable bonds is 0. The Morgan fingerprint density at radius 3 is 2.83 bits per heavy atom. The number of ketones is 1. The van der Waals surface area contributed by atoms with Crippen LogP contribution in [0.4, 0.5) is 4.79 Å². The molecule has 0 saturated carbocycles. The zero-order valence-electron chi connectivity index (χ0n) is 13.5. The lowest BCUT2D eigenvalue weighted by Crippen LogP contribution is -2.46. The van der Waals surface area contributed by atoms with Crippen molar-refractivity contribution in [3.63, 3.8) is 0 Å². The van der Waals surface area contributed by atoms with Gasteiger partial charge in [0.05, 0.1) is 18.5 Å². The smallest absolute Gasteiger partial charge is 0.410 e. The Bertz CT molecular complexity index is 667. The Hall–Kier alpha value is -1.56. The van der Waals surface area contributed by atoms with Gasteiger partial charge in [-0.3, -0.25) is 4.79 Å². The fraction of sp³-hybridized carbons (Fsp3) is 0.529. The Labute approximate surface area is 144 Å². The summed E-state index contributed by atoms with van der Waals surface area (Å²) in [5, 5.41) is 0. The normalized spacial score (nSPS) is 23.7. The minimum Gasteiger partial charge on any atom is -0.484 e. The van der Waals surface area contributed by atoms with Crippen LogP contribution in [0.15, 0.2) is 22.7 Å². The van der Waals surface area contributed by atoms with E-state index in [1.54, 1.807) is 17.0 Å². The molecule has 0 aliphatic carbocycles. The first-order valence-electron chi connectivity index (χ1n) is 7.67. The highest BCUT2D eigenvalue weighted by Crippen LogP contribution is 2.39. The maximum absolute atomic E-state index is 12.5. The van der Waals surface area contributed by atoms with Gasteiger partial charge < -0.3 is 14.4 Å². The van der Waals surface area contributed by atoms with E-state index in [0.717, 1.165) is 4.47 Å². The van der Waals surface area contributed by atoms with Crippen LogP contribution in [-0.4, -0.2) is 41.1 Å². The minimum atomic E-state index is -0.630. The van der Waals surface area contributed by atoms with Crippen LogP contribution in [0.1, 0.15) is 44.0 Å². The molecule has 0 unspecified atom stereocenters. The second-order valence-corrected chi connectivity index (χ2v) is 8.09. The first-order valence-corrected chi connectivity index (χ1v) is 8.47. The van der Waals surface area contributed by atoms with Gasteiger partial charge in [0.15, 0.2) is 5.78 Å². The third-order valence-corrected chi connectivity index (χ3v) is 4.51. The number of nitrogens with zero attached hydrogens (tertiary/aromatic N) is 1. The monoisotopic (exact) mass is 381 g/mol. The van der Waals surface area contributed by atoms with Gasteiger partial charge in [-0.05, 0) is 39.0 Å². The number of halogens is 1. The van der Waals surface area contributed by atoms with Crippen molar-refractivity contribution in [1.82, 2.24) is 4.90 Å². The Morgan fingerprint density at radius 1 is 1.39 bits per heavy atom. The number of hydrogen-bond donors (Lipinski definition) is 0. The molecule has 1 aromatic carbocycles. The molecule has 1 saturated heterocycles. The van der Waals surface area contributed by atoms with Crippen LogP contribution >= 0.6 is 15.9 Å². The summed E-state index contributed by atoms with van der Waals surface area (Å²) in [4.78, 5) is 26.3. The summed E-state index contributed by atoms with van der Waals surface area (Å²) in [5.74, 6) is 0.647. The number of carbonyl (C=O) groups is 2. The SMILES string of the molecule is CC(C)(C)OC(=O)N1CC[C@@]2(CC(=O)c3cc(Br)ccc3O2)C1. The van der Waals surface area contributed by atoms with E-state index in [-0.39, 0.29) is 18.3 Å². The van der Waals surface area contributed by atoms with Gasteiger partial charge in [0.25, 0.3) is 0 Å². The molecule has 0 N–H and O–H groups in total. The molecular weight excluding hydrogens is 362 g/mol. The highest BCUT2D eigenvalue weighted by atomic mass is 79.9. The van der Waals surface area contributed by atoms with Crippen LogP contribution in [0.25, 0.3) is 0 Å². The fourth-order valence-corrected chi connectivity index (χ4v) is 3.38. The van der Waals surface area contributed by atoms with Crippen molar-refractivity contribution in [2.24, 2.45) is 0 Å². The highest BCUT2D eigenvalue weighted by Gasteiger charge is 2.47. The molecule has 1 fully saturated rings. The molecular formula is C17H20BrNO4. The van der Waals surface area contributed by atoms with E-state index in [0.29, 0.717) is 30.8 Å². The van der Waals surface area contributed by atoms with Gasteiger partial charge in [-0.25, -0.2) is 4.79 Å². The van der Waals surface area contributed by atoms with E-state index in [1.807, 2.05) is 26.8 Å². The number of hydrogen-bond acceptors (Lipinski definition) is 4. The number of ether oxygens (including phenoxy) is 2. The molecule has 2 aliphatic heterocycles. The summed E-state index contributed by atoms with van der Waals surface area (Å²) >= 11 is 3.37.